The Morgan fingerprint density at radius 1 is 1.38 bits per heavy atom. The van der Waals surface area contributed by atoms with Gasteiger partial charge in [-0.1, -0.05) is 13.3 Å². The van der Waals surface area contributed by atoms with E-state index in [9.17, 15) is 18.8 Å². The van der Waals surface area contributed by atoms with Gasteiger partial charge < -0.3 is 15.3 Å². The van der Waals surface area contributed by atoms with Crippen molar-refractivity contribution in [1.82, 2.24) is 5.32 Å². The van der Waals surface area contributed by atoms with Gasteiger partial charge in [-0.15, -0.1) is 0 Å². The lowest BCUT2D eigenvalue weighted by atomic mass is 10.0. The standard InChI is InChI=1S/C17H21FN2O4/c1-2-3-11(17(23)24)10-19-15(21)14-8-9-20(16(14)22)13-6-4-12(18)5-7-13/h4-7,11,14H,2-3,8-10H2,1H3,(H,19,21)(H,23,24). The monoisotopic (exact) mass is 336 g/mol. The topological polar surface area (TPSA) is 86.7 Å². The van der Waals surface area contributed by atoms with Gasteiger partial charge in [0.25, 0.3) is 0 Å². The summed E-state index contributed by atoms with van der Waals surface area (Å²) >= 11 is 0. The number of amides is 2. The summed E-state index contributed by atoms with van der Waals surface area (Å²) in [7, 11) is 0. The zero-order valence-electron chi connectivity index (χ0n) is 13.5. The van der Waals surface area contributed by atoms with Crippen molar-refractivity contribution in [2.24, 2.45) is 11.8 Å². The van der Waals surface area contributed by atoms with Gasteiger partial charge in [-0.25, -0.2) is 4.39 Å². The van der Waals surface area contributed by atoms with E-state index >= 15 is 0 Å². The maximum Gasteiger partial charge on any atom is 0.308 e. The second kappa shape index (κ2) is 7.90. The van der Waals surface area contributed by atoms with E-state index in [1.54, 1.807) is 0 Å². The summed E-state index contributed by atoms with van der Waals surface area (Å²) in [5.74, 6) is -3.62. The molecule has 1 aromatic rings. The average Bonchev–Trinajstić information content (AvgIpc) is 2.93. The fraction of sp³-hybridized carbons (Fsp3) is 0.471. The lowest BCUT2D eigenvalue weighted by molar-refractivity contribution is -0.142. The number of benzene rings is 1. The molecule has 2 atom stereocenters. The number of nitrogens with one attached hydrogen (secondary N) is 1. The molecule has 0 radical (unpaired) electrons. The summed E-state index contributed by atoms with van der Waals surface area (Å²) < 4.78 is 13.0. The molecule has 2 N–H and O–H groups in total. The number of nitrogens with zero attached hydrogens (tertiary/aromatic N) is 1. The van der Waals surface area contributed by atoms with Crippen LogP contribution in [0.3, 0.4) is 0 Å². The number of carboxylic acid groups (broad SMARTS) is 1. The number of halogens is 1. The first-order valence-corrected chi connectivity index (χ1v) is 8.01. The molecule has 1 heterocycles. The third-order valence-corrected chi connectivity index (χ3v) is 4.17. The van der Waals surface area contributed by atoms with Crippen LogP contribution in [0.5, 0.6) is 0 Å². The first-order valence-electron chi connectivity index (χ1n) is 8.01. The molecule has 0 aromatic heterocycles. The van der Waals surface area contributed by atoms with Crippen molar-refractivity contribution in [2.75, 3.05) is 18.0 Å². The van der Waals surface area contributed by atoms with Gasteiger partial charge in [-0.05, 0) is 37.1 Å². The zero-order chi connectivity index (χ0) is 17.7. The highest BCUT2D eigenvalue weighted by atomic mass is 19.1. The van der Waals surface area contributed by atoms with E-state index in [0.717, 1.165) is 0 Å². The first kappa shape index (κ1) is 17.9. The second-order valence-electron chi connectivity index (χ2n) is 5.88. The highest BCUT2D eigenvalue weighted by Gasteiger charge is 2.37. The van der Waals surface area contributed by atoms with Gasteiger partial charge >= 0.3 is 5.97 Å². The molecule has 0 saturated carbocycles. The van der Waals surface area contributed by atoms with E-state index in [2.05, 4.69) is 5.32 Å². The minimum Gasteiger partial charge on any atom is -0.481 e. The van der Waals surface area contributed by atoms with E-state index in [1.807, 2.05) is 6.92 Å². The third kappa shape index (κ3) is 4.10. The third-order valence-electron chi connectivity index (χ3n) is 4.17. The Kier molecular flexibility index (Phi) is 5.89. The maximum atomic E-state index is 13.0. The second-order valence-corrected chi connectivity index (χ2v) is 5.88. The number of carbonyl (C=O) groups is 3. The molecule has 1 fully saturated rings. The van der Waals surface area contributed by atoms with Crippen molar-refractivity contribution in [1.29, 1.82) is 0 Å². The van der Waals surface area contributed by atoms with Gasteiger partial charge in [0.2, 0.25) is 11.8 Å². The summed E-state index contributed by atoms with van der Waals surface area (Å²) in [5, 5.41) is 11.7. The molecule has 2 amide bonds. The van der Waals surface area contributed by atoms with Crippen LogP contribution in [0.4, 0.5) is 10.1 Å². The van der Waals surface area contributed by atoms with Gasteiger partial charge in [0.05, 0.1) is 5.92 Å². The molecular weight excluding hydrogens is 315 g/mol. The number of rotatable bonds is 7. The van der Waals surface area contributed by atoms with Crippen LogP contribution >= 0.6 is 0 Å². The van der Waals surface area contributed by atoms with Crippen molar-refractivity contribution < 1.29 is 23.9 Å². The number of anilines is 1. The number of carboxylic acids is 1. The molecule has 2 unspecified atom stereocenters. The number of carbonyl (C=O) groups excluding carboxylic acids is 2. The lowest BCUT2D eigenvalue weighted by Crippen LogP contribution is -2.40. The Morgan fingerprint density at radius 3 is 2.62 bits per heavy atom. The van der Waals surface area contributed by atoms with Gasteiger partial charge in [0.1, 0.15) is 11.7 Å². The predicted octanol–water partition coefficient (Wildman–Crippen LogP) is 1.80. The molecule has 130 valence electrons. The Hall–Kier alpha value is -2.44. The zero-order valence-corrected chi connectivity index (χ0v) is 13.5. The molecule has 1 aliphatic heterocycles. The summed E-state index contributed by atoms with van der Waals surface area (Å²) in [6, 6.07) is 5.51. The van der Waals surface area contributed by atoms with E-state index in [4.69, 9.17) is 5.11 Å². The van der Waals surface area contributed by atoms with Gasteiger partial charge in [0, 0.05) is 18.8 Å². The number of aliphatic carboxylic acids is 1. The molecule has 2 rings (SSSR count). The van der Waals surface area contributed by atoms with E-state index in [-0.39, 0.29) is 12.5 Å². The predicted molar refractivity (Wildman–Crippen MR) is 85.9 cm³/mol. The number of hydrogen-bond acceptors (Lipinski definition) is 3. The van der Waals surface area contributed by atoms with Crippen molar-refractivity contribution in [2.45, 2.75) is 26.2 Å². The molecule has 0 aliphatic carbocycles. The van der Waals surface area contributed by atoms with Crippen LogP contribution in [0, 0.1) is 17.7 Å². The van der Waals surface area contributed by atoms with Crippen LogP contribution in [0.25, 0.3) is 0 Å². The Bertz CT molecular complexity index is 618. The summed E-state index contributed by atoms with van der Waals surface area (Å²) in [5.41, 5.74) is 0.547. The smallest absolute Gasteiger partial charge is 0.308 e. The Morgan fingerprint density at radius 2 is 2.04 bits per heavy atom. The minimum atomic E-state index is -0.956. The van der Waals surface area contributed by atoms with Crippen molar-refractivity contribution >= 4 is 23.5 Å². The van der Waals surface area contributed by atoms with E-state index in [0.29, 0.717) is 31.5 Å². The summed E-state index contributed by atoms with van der Waals surface area (Å²) in [6.07, 6.45) is 1.52. The minimum absolute atomic E-state index is 0.0162. The largest absolute Gasteiger partial charge is 0.481 e. The van der Waals surface area contributed by atoms with Crippen LogP contribution in [-0.4, -0.2) is 36.0 Å². The normalized spacial score (nSPS) is 18.5. The Labute approximate surface area is 139 Å². The highest BCUT2D eigenvalue weighted by Crippen LogP contribution is 2.25. The fourth-order valence-corrected chi connectivity index (χ4v) is 2.81. The highest BCUT2D eigenvalue weighted by molar-refractivity contribution is 6.09. The molecule has 1 saturated heterocycles. The molecule has 24 heavy (non-hydrogen) atoms. The lowest BCUT2D eigenvalue weighted by Gasteiger charge is -2.17. The van der Waals surface area contributed by atoms with Crippen LogP contribution in [0.2, 0.25) is 0 Å². The maximum absolute atomic E-state index is 13.0. The van der Waals surface area contributed by atoms with Crippen LogP contribution in [-0.2, 0) is 14.4 Å². The number of hydrogen-bond donors (Lipinski definition) is 2. The van der Waals surface area contributed by atoms with Crippen LogP contribution < -0.4 is 10.2 Å². The summed E-state index contributed by atoms with van der Waals surface area (Å²) in [4.78, 5) is 37.1. The van der Waals surface area contributed by atoms with E-state index in [1.165, 1.54) is 29.2 Å². The summed E-state index contributed by atoms with van der Waals surface area (Å²) in [6.45, 7) is 2.26. The Balaban J connectivity index is 1.95. The van der Waals surface area contributed by atoms with Crippen molar-refractivity contribution in [3.05, 3.63) is 30.1 Å². The van der Waals surface area contributed by atoms with Gasteiger partial charge in [0.15, 0.2) is 0 Å². The molecule has 7 heteroatoms. The van der Waals surface area contributed by atoms with Crippen LogP contribution in [0.15, 0.2) is 24.3 Å². The van der Waals surface area contributed by atoms with Crippen LogP contribution in [0.1, 0.15) is 26.2 Å². The molecule has 0 spiro atoms. The average molecular weight is 336 g/mol. The molecule has 0 bridgehead atoms. The van der Waals surface area contributed by atoms with Gasteiger partial charge in [-0.2, -0.15) is 0 Å². The molecular formula is C17H21FN2O4. The fourth-order valence-electron chi connectivity index (χ4n) is 2.81. The molecule has 6 nitrogen and oxygen atoms in total. The SMILES string of the molecule is CCCC(CNC(=O)C1CCN(c2ccc(F)cc2)C1=O)C(=O)O. The first-order chi connectivity index (χ1) is 11.4. The molecule has 1 aromatic carbocycles. The van der Waals surface area contributed by atoms with E-state index < -0.39 is 29.5 Å². The van der Waals surface area contributed by atoms with Crippen molar-refractivity contribution in [3.8, 4) is 0 Å². The van der Waals surface area contributed by atoms with Crippen molar-refractivity contribution in [3.63, 3.8) is 0 Å². The van der Waals surface area contributed by atoms with Gasteiger partial charge in [-0.3, -0.25) is 14.4 Å². The quantitative estimate of drug-likeness (QED) is 0.743. The molecule has 1 aliphatic rings.